The molecule has 0 amide bonds. The van der Waals surface area contributed by atoms with E-state index in [1.165, 1.54) is 5.56 Å². The maximum absolute atomic E-state index is 13.0. The Morgan fingerprint density at radius 1 is 0.903 bits per heavy atom. The summed E-state index contributed by atoms with van der Waals surface area (Å²) in [6, 6.07) is 21.1. The molecule has 3 aromatic carbocycles. The van der Waals surface area contributed by atoms with Gasteiger partial charge in [-0.25, -0.2) is 4.79 Å². The van der Waals surface area contributed by atoms with Gasteiger partial charge in [0.15, 0.2) is 5.58 Å². The van der Waals surface area contributed by atoms with Crippen LogP contribution in [0.2, 0.25) is 0 Å². The van der Waals surface area contributed by atoms with E-state index in [2.05, 4.69) is 18.3 Å². The van der Waals surface area contributed by atoms with Gasteiger partial charge in [-0.15, -0.1) is 0 Å². The van der Waals surface area contributed by atoms with Crippen LogP contribution in [0.1, 0.15) is 11.1 Å². The summed E-state index contributed by atoms with van der Waals surface area (Å²) in [7, 11) is 1.61. The average Bonchev–Trinajstić information content (AvgIpc) is 3.16. The van der Waals surface area contributed by atoms with E-state index in [1.54, 1.807) is 13.2 Å². The molecule has 0 radical (unpaired) electrons. The Morgan fingerprint density at radius 2 is 1.74 bits per heavy atom. The van der Waals surface area contributed by atoms with Crippen molar-refractivity contribution < 1.29 is 13.6 Å². The van der Waals surface area contributed by atoms with Crippen molar-refractivity contribution in [3.8, 4) is 16.9 Å². The lowest BCUT2D eigenvalue weighted by molar-refractivity contribution is 0.415. The number of para-hydroxylation sites is 1. The van der Waals surface area contributed by atoms with Gasteiger partial charge in [-0.1, -0.05) is 42.0 Å². The van der Waals surface area contributed by atoms with Gasteiger partial charge in [-0.05, 0) is 55.3 Å². The van der Waals surface area contributed by atoms with Gasteiger partial charge in [-0.3, -0.25) is 0 Å². The minimum atomic E-state index is -0.441. The fraction of sp³-hybridized carbons (Fsp3) is 0.115. The zero-order chi connectivity index (χ0) is 21.5. The van der Waals surface area contributed by atoms with E-state index < -0.39 is 5.63 Å². The first-order valence-corrected chi connectivity index (χ1v) is 10.0. The van der Waals surface area contributed by atoms with Crippen LogP contribution in [0.5, 0.6) is 5.75 Å². The molecule has 2 heterocycles. The predicted octanol–water partition coefficient (Wildman–Crippen LogP) is 6.58. The van der Waals surface area contributed by atoms with Gasteiger partial charge in [-0.2, -0.15) is 0 Å². The molecule has 1 N–H and O–H groups in total. The second kappa shape index (κ2) is 7.36. The molecule has 5 heteroatoms. The molecular weight excluding hydrogens is 390 g/mol. The Balaban J connectivity index is 1.83. The highest BCUT2D eigenvalue weighted by atomic mass is 16.5. The first kappa shape index (κ1) is 19.0. The Kier molecular flexibility index (Phi) is 4.51. The monoisotopic (exact) mass is 411 g/mol. The minimum absolute atomic E-state index is 0.402. The highest BCUT2D eigenvalue weighted by Crippen LogP contribution is 2.42. The highest BCUT2D eigenvalue weighted by Gasteiger charge is 2.23. The van der Waals surface area contributed by atoms with Crippen molar-refractivity contribution in [2.24, 2.45) is 0 Å². The zero-order valence-electron chi connectivity index (χ0n) is 17.5. The summed E-state index contributed by atoms with van der Waals surface area (Å²) in [6.45, 7) is 4.09. The van der Waals surface area contributed by atoms with Gasteiger partial charge in [0.05, 0.1) is 18.1 Å². The van der Waals surface area contributed by atoms with E-state index in [0.717, 1.165) is 22.2 Å². The van der Waals surface area contributed by atoms with Crippen LogP contribution < -0.4 is 15.7 Å². The number of rotatable bonds is 4. The summed E-state index contributed by atoms with van der Waals surface area (Å²) in [5.74, 6) is 1.17. The number of ether oxygens (including phenoxy) is 1. The van der Waals surface area contributed by atoms with Crippen molar-refractivity contribution in [3.63, 3.8) is 0 Å². The van der Waals surface area contributed by atoms with Gasteiger partial charge in [0.25, 0.3) is 0 Å². The van der Waals surface area contributed by atoms with Crippen molar-refractivity contribution in [2.75, 3.05) is 12.4 Å². The van der Waals surface area contributed by atoms with E-state index in [0.29, 0.717) is 33.7 Å². The van der Waals surface area contributed by atoms with E-state index in [-0.39, 0.29) is 0 Å². The third-order valence-corrected chi connectivity index (χ3v) is 5.44. The van der Waals surface area contributed by atoms with E-state index in [9.17, 15) is 4.79 Å². The van der Waals surface area contributed by atoms with Crippen molar-refractivity contribution in [3.05, 3.63) is 88.3 Å². The summed E-state index contributed by atoms with van der Waals surface area (Å²) < 4.78 is 17.3. The molecule has 0 saturated heterocycles. The molecule has 5 aromatic rings. The zero-order valence-corrected chi connectivity index (χ0v) is 17.5. The molecule has 0 unspecified atom stereocenters. The van der Waals surface area contributed by atoms with Gasteiger partial charge < -0.3 is 18.9 Å². The first-order chi connectivity index (χ1) is 15.0. The Hall–Kier alpha value is -3.99. The predicted molar refractivity (Wildman–Crippen MR) is 123 cm³/mol. The molecule has 154 valence electrons. The summed E-state index contributed by atoms with van der Waals surface area (Å²) in [6.07, 6.45) is 0. The van der Waals surface area contributed by atoms with Crippen LogP contribution >= 0.6 is 0 Å². The molecule has 31 heavy (non-hydrogen) atoms. The maximum atomic E-state index is 13.0. The Bertz CT molecular complexity index is 1490. The van der Waals surface area contributed by atoms with Crippen LogP contribution in [0, 0.1) is 13.8 Å². The second-order valence-corrected chi connectivity index (χ2v) is 7.57. The Labute approximate surface area is 178 Å². The number of aryl methyl sites for hydroxylation is 2. The van der Waals surface area contributed by atoms with Crippen LogP contribution in [0.15, 0.2) is 80.4 Å². The van der Waals surface area contributed by atoms with E-state index >= 15 is 0 Å². The topological polar surface area (TPSA) is 64.6 Å². The number of fused-ring (bicyclic) bond motifs is 3. The van der Waals surface area contributed by atoms with Gasteiger partial charge in [0, 0.05) is 5.69 Å². The van der Waals surface area contributed by atoms with Crippen LogP contribution in [-0.4, -0.2) is 7.11 Å². The molecule has 0 atom stereocenters. The van der Waals surface area contributed by atoms with Crippen molar-refractivity contribution in [1.82, 2.24) is 0 Å². The van der Waals surface area contributed by atoms with E-state index in [1.807, 2.05) is 61.5 Å². The minimum Gasteiger partial charge on any atom is -0.497 e. The van der Waals surface area contributed by atoms with E-state index in [4.69, 9.17) is 13.6 Å². The molecule has 0 aliphatic carbocycles. The normalized spacial score (nSPS) is 11.2. The molecule has 0 bridgehead atoms. The van der Waals surface area contributed by atoms with Crippen LogP contribution in [0.25, 0.3) is 33.1 Å². The molecule has 0 aliphatic heterocycles. The van der Waals surface area contributed by atoms with Crippen molar-refractivity contribution >= 4 is 33.5 Å². The fourth-order valence-electron chi connectivity index (χ4n) is 3.93. The maximum Gasteiger partial charge on any atom is 0.348 e. The molecule has 2 aromatic heterocycles. The number of nitrogens with one attached hydrogen (secondary N) is 1. The van der Waals surface area contributed by atoms with Gasteiger partial charge >= 0.3 is 5.63 Å². The van der Waals surface area contributed by atoms with Gasteiger partial charge in [0.1, 0.15) is 16.7 Å². The van der Waals surface area contributed by atoms with Crippen molar-refractivity contribution in [2.45, 2.75) is 13.8 Å². The van der Waals surface area contributed by atoms with Crippen LogP contribution in [0.4, 0.5) is 11.6 Å². The number of anilines is 2. The van der Waals surface area contributed by atoms with Crippen LogP contribution in [0.3, 0.4) is 0 Å². The van der Waals surface area contributed by atoms with Crippen molar-refractivity contribution in [1.29, 1.82) is 0 Å². The SMILES string of the molecule is COc1cccc(-c2c(Nc3ccc(C)cc3C)oc3c2c(=O)oc2ccccc23)c1. The number of hydrogen-bond acceptors (Lipinski definition) is 5. The van der Waals surface area contributed by atoms with Crippen LogP contribution in [-0.2, 0) is 0 Å². The largest absolute Gasteiger partial charge is 0.497 e. The lowest BCUT2D eigenvalue weighted by Gasteiger charge is -2.10. The quantitative estimate of drug-likeness (QED) is 0.339. The number of methoxy groups -OCH3 is 1. The highest BCUT2D eigenvalue weighted by molar-refractivity contribution is 6.10. The first-order valence-electron chi connectivity index (χ1n) is 10.0. The molecule has 0 saturated carbocycles. The van der Waals surface area contributed by atoms with Gasteiger partial charge in [0.2, 0.25) is 5.88 Å². The molecular formula is C26H21NO4. The molecule has 0 fully saturated rings. The molecule has 5 rings (SSSR count). The summed E-state index contributed by atoms with van der Waals surface area (Å²) in [4.78, 5) is 13.0. The lowest BCUT2D eigenvalue weighted by atomic mass is 10.0. The summed E-state index contributed by atoms with van der Waals surface area (Å²) in [5, 5.41) is 4.54. The average molecular weight is 411 g/mol. The number of benzene rings is 3. The third-order valence-electron chi connectivity index (χ3n) is 5.44. The third kappa shape index (κ3) is 3.24. The smallest absolute Gasteiger partial charge is 0.348 e. The summed E-state index contributed by atoms with van der Waals surface area (Å²) >= 11 is 0. The Morgan fingerprint density at radius 3 is 2.55 bits per heavy atom. The molecule has 0 aliphatic rings. The fourth-order valence-corrected chi connectivity index (χ4v) is 3.93. The molecule has 5 nitrogen and oxygen atoms in total. The molecule has 0 spiro atoms. The standard InChI is InChI=1S/C26H21NO4/c1-15-11-12-20(16(2)13-15)27-25-22(17-7-6-8-18(14-17)29-3)23-24(31-25)19-9-4-5-10-21(19)30-26(23)28/h4-14,27H,1-3H3. The number of furan rings is 1. The second-order valence-electron chi connectivity index (χ2n) is 7.57. The summed E-state index contributed by atoms with van der Waals surface area (Å²) in [5.41, 5.74) is 5.15. The number of hydrogen-bond donors (Lipinski definition) is 1. The lowest BCUT2D eigenvalue weighted by Crippen LogP contribution is -2.00.